The second kappa shape index (κ2) is 5.09. The van der Waals surface area contributed by atoms with Crippen molar-refractivity contribution in [2.45, 2.75) is 39.2 Å². The van der Waals surface area contributed by atoms with Gasteiger partial charge in [0.05, 0.1) is 7.11 Å². The maximum absolute atomic E-state index is 5.42. The molecule has 2 rings (SSSR count). The van der Waals surface area contributed by atoms with Crippen LogP contribution in [0.1, 0.15) is 50.3 Å². The molecule has 0 amide bonds. The van der Waals surface area contributed by atoms with Crippen LogP contribution >= 0.6 is 0 Å². The Labute approximate surface area is 104 Å². The van der Waals surface area contributed by atoms with Crippen LogP contribution in [0, 0.1) is 5.92 Å². The molecule has 1 aliphatic heterocycles. The van der Waals surface area contributed by atoms with Gasteiger partial charge < -0.3 is 10.1 Å². The third-order valence-corrected chi connectivity index (χ3v) is 3.63. The Bertz CT molecular complexity index is 387. The van der Waals surface area contributed by atoms with E-state index < -0.39 is 0 Å². The van der Waals surface area contributed by atoms with E-state index in [9.17, 15) is 0 Å². The summed E-state index contributed by atoms with van der Waals surface area (Å²) >= 11 is 0. The lowest BCUT2D eigenvalue weighted by Crippen LogP contribution is -2.13. The Morgan fingerprint density at radius 3 is 2.65 bits per heavy atom. The molecule has 0 saturated carbocycles. The van der Waals surface area contributed by atoms with E-state index in [4.69, 9.17) is 4.74 Å². The monoisotopic (exact) mass is 233 g/mol. The number of benzene rings is 1. The van der Waals surface area contributed by atoms with Crippen LogP contribution in [-0.2, 0) is 0 Å². The van der Waals surface area contributed by atoms with Crippen molar-refractivity contribution in [3.8, 4) is 5.75 Å². The second-order valence-corrected chi connectivity index (χ2v) is 5.46. The lowest BCUT2D eigenvalue weighted by Gasteiger charge is -2.17. The molecule has 17 heavy (non-hydrogen) atoms. The summed E-state index contributed by atoms with van der Waals surface area (Å²) in [5, 5.41) is 3.59. The van der Waals surface area contributed by atoms with Crippen molar-refractivity contribution in [3.05, 3.63) is 29.3 Å². The number of hydrogen-bond donors (Lipinski definition) is 1. The Balaban J connectivity index is 2.27. The average Bonchev–Trinajstić information content (AvgIpc) is 2.75. The number of ether oxygens (including phenoxy) is 1. The topological polar surface area (TPSA) is 21.3 Å². The second-order valence-electron chi connectivity index (χ2n) is 5.46. The maximum Gasteiger partial charge on any atom is 0.122 e. The largest absolute Gasteiger partial charge is 0.496 e. The van der Waals surface area contributed by atoms with E-state index in [1.807, 2.05) is 0 Å². The SMILES string of the molecule is COc1ccc([C@H]2C[C@@H](C)CN2)cc1C(C)C. The predicted octanol–water partition coefficient (Wildman–Crippen LogP) is 3.49. The van der Waals surface area contributed by atoms with E-state index >= 15 is 0 Å². The summed E-state index contributed by atoms with van der Waals surface area (Å²) in [5.74, 6) is 2.29. The Kier molecular flexibility index (Phi) is 3.72. The van der Waals surface area contributed by atoms with Crippen LogP contribution < -0.4 is 10.1 Å². The summed E-state index contributed by atoms with van der Waals surface area (Å²) in [5.41, 5.74) is 2.71. The molecule has 0 unspecified atom stereocenters. The van der Waals surface area contributed by atoms with Gasteiger partial charge in [-0.1, -0.05) is 32.9 Å². The summed E-state index contributed by atoms with van der Waals surface area (Å²) in [6, 6.07) is 7.13. The molecule has 2 heteroatoms. The molecule has 0 aromatic heterocycles. The van der Waals surface area contributed by atoms with Crippen molar-refractivity contribution in [1.82, 2.24) is 5.32 Å². The van der Waals surface area contributed by atoms with Crippen molar-refractivity contribution in [2.75, 3.05) is 13.7 Å². The van der Waals surface area contributed by atoms with Crippen LogP contribution in [0.25, 0.3) is 0 Å². The molecule has 2 nitrogen and oxygen atoms in total. The fourth-order valence-corrected chi connectivity index (χ4v) is 2.59. The van der Waals surface area contributed by atoms with E-state index in [-0.39, 0.29) is 0 Å². The van der Waals surface area contributed by atoms with Crippen LogP contribution in [-0.4, -0.2) is 13.7 Å². The molecule has 0 radical (unpaired) electrons. The van der Waals surface area contributed by atoms with E-state index in [1.165, 1.54) is 17.5 Å². The molecule has 1 aromatic rings. The highest BCUT2D eigenvalue weighted by Crippen LogP contribution is 2.33. The van der Waals surface area contributed by atoms with Gasteiger partial charge in [-0.15, -0.1) is 0 Å². The number of nitrogens with one attached hydrogen (secondary N) is 1. The zero-order valence-electron chi connectivity index (χ0n) is 11.3. The minimum atomic E-state index is 0.503. The summed E-state index contributed by atoms with van der Waals surface area (Å²) in [6.45, 7) is 7.87. The van der Waals surface area contributed by atoms with Gasteiger partial charge in [0.15, 0.2) is 0 Å². The molecule has 1 heterocycles. The first-order valence-corrected chi connectivity index (χ1v) is 6.53. The van der Waals surface area contributed by atoms with E-state index in [1.54, 1.807) is 7.11 Å². The van der Waals surface area contributed by atoms with Gasteiger partial charge in [-0.25, -0.2) is 0 Å². The van der Waals surface area contributed by atoms with Gasteiger partial charge in [0.2, 0.25) is 0 Å². The van der Waals surface area contributed by atoms with Crippen molar-refractivity contribution in [3.63, 3.8) is 0 Å². The molecule has 0 aliphatic carbocycles. The fourth-order valence-electron chi connectivity index (χ4n) is 2.59. The van der Waals surface area contributed by atoms with Gasteiger partial charge in [0.25, 0.3) is 0 Å². The summed E-state index contributed by atoms with van der Waals surface area (Å²) < 4.78 is 5.42. The van der Waals surface area contributed by atoms with Crippen LogP contribution in [0.4, 0.5) is 0 Å². The first-order chi connectivity index (χ1) is 8.11. The van der Waals surface area contributed by atoms with Crippen LogP contribution in [0.15, 0.2) is 18.2 Å². The zero-order valence-corrected chi connectivity index (χ0v) is 11.3. The molecule has 1 N–H and O–H groups in total. The van der Waals surface area contributed by atoms with Crippen LogP contribution in [0.5, 0.6) is 5.75 Å². The van der Waals surface area contributed by atoms with Crippen molar-refractivity contribution in [1.29, 1.82) is 0 Å². The zero-order chi connectivity index (χ0) is 12.4. The molecule has 0 spiro atoms. The Morgan fingerprint density at radius 1 is 1.35 bits per heavy atom. The quantitative estimate of drug-likeness (QED) is 0.863. The molecule has 1 saturated heterocycles. The summed E-state index contributed by atoms with van der Waals surface area (Å²) in [6.07, 6.45) is 1.24. The van der Waals surface area contributed by atoms with Gasteiger partial charge in [-0.05, 0) is 42.0 Å². The van der Waals surface area contributed by atoms with Gasteiger partial charge in [0, 0.05) is 6.04 Å². The van der Waals surface area contributed by atoms with E-state index in [0.29, 0.717) is 12.0 Å². The minimum absolute atomic E-state index is 0.503. The van der Waals surface area contributed by atoms with Crippen LogP contribution in [0.2, 0.25) is 0 Å². The smallest absolute Gasteiger partial charge is 0.122 e. The maximum atomic E-state index is 5.42. The van der Waals surface area contributed by atoms with Gasteiger partial charge in [0.1, 0.15) is 5.75 Å². The molecular formula is C15H23NO. The highest BCUT2D eigenvalue weighted by atomic mass is 16.5. The lowest BCUT2D eigenvalue weighted by molar-refractivity contribution is 0.407. The molecule has 1 fully saturated rings. The lowest BCUT2D eigenvalue weighted by atomic mass is 9.95. The first-order valence-electron chi connectivity index (χ1n) is 6.53. The van der Waals surface area contributed by atoms with Gasteiger partial charge in [-0.2, -0.15) is 0 Å². The molecule has 1 aromatic carbocycles. The van der Waals surface area contributed by atoms with Crippen molar-refractivity contribution in [2.24, 2.45) is 5.92 Å². The highest BCUT2D eigenvalue weighted by molar-refractivity contribution is 5.40. The van der Waals surface area contributed by atoms with E-state index in [0.717, 1.165) is 18.2 Å². The summed E-state index contributed by atoms with van der Waals surface area (Å²) in [4.78, 5) is 0. The predicted molar refractivity (Wildman–Crippen MR) is 71.6 cm³/mol. The minimum Gasteiger partial charge on any atom is -0.496 e. The average molecular weight is 233 g/mol. The number of rotatable bonds is 3. The molecule has 0 bridgehead atoms. The normalized spacial score (nSPS) is 24.3. The standard InChI is InChI=1S/C15H23NO/c1-10(2)13-8-12(5-6-15(13)17-4)14-7-11(3)9-16-14/h5-6,8,10-11,14,16H,7,9H2,1-4H3/t11-,14-/m1/s1. The molecule has 2 atom stereocenters. The van der Waals surface area contributed by atoms with E-state index in [2.05, 4.69) is 44.3 Å². The first kappa shape index (κ1) is 12.4. The van der Waals surface area contributed by atoms with Crippen molar-refractivity contribution < 1.29 is 4.74 Å². The summed E-state index contributed by atoms with van der Waals surface area (Å²) in [7, 11) is 1.75. The fraction of sp³-hybridized carbons (Fsp3) is 0.600. The molecule has 94 valence electrons. The molecular weight excluding hydrogens is 210 g/mol. The number of hydrogen-bond acceptors (Lipinski definition) is 2. The van der Waals surface area contributed by atoms with Gasteiger partial charge in [-0.3, -0.25) is 0 Å². The third kappa shape index (κ3) is 2.63. The van der Waals surface area contributed by atoms with Gasteiger partial charge >= 0.3 is 0 Å². The number of methoxy groups -OCH3 is 1. The highest BCUT2D eigenvalue weighted by Gasteiger charge is 2.22. The van der Waals surface area contributed by atoms with Crippen LogP contribution in [0.3, 0.4) is 0 Å². The van der Waals surface area contributed by atoms with Crippen molar-refractivity contribution >= 4 is 0 Å². The third-order valence-electron chi connectivity index (χ3n) is 3.63. The Morgan fingerprint density at radius 2 is 2.12 bits per heavy atom. The Hall–Kier alpha value is -1.02. The molecule has 1 aliphatic rings.